The van der Waals surface area contributed by atoms with Crippen LogP contribution in [0.3, 0.4) is 0 Å². The molecule has 1 fully saturated rings. The topological polar surface area (TPSA) is 71.8 Å². The molecule has 0 unspecified atom stereocenters. The smallest absolute Gasteiger partial charge is 0.256 e. The van der Waals surface area contributed by atoms with Crippen LogP contribution in [0, 0.1) is 0 Å². The molecule has 7 heteroatoms. The Kier molecular flexibility index (Phi) is 4.17. The molecule has 0 aliphatic carbocycles. The standard InChI is InChI=1S/C18H19N5O2/c1-22-10-11-25-14(12-22)18(24)21-17-16(13-6-2-4-8-19-13)20-15-7-3-5-9-23(15)17/h2-9,14H,10-12H2,1H3,(H,21,24)/t14-/m1/s1. The Morgan fingerprint density at radius 2 is 2.16 bits per heavy atom. The number of hydrogen-bond donors (Lipinski definition) is 1. The van der Waals surface area contributed by atoms with Crippen LogP contribution in [0.5, 0.6) is 0 Å². The minimum absolute atomic E-state index is 0.172. The van der Waals surface area contributed by atoms with Crippen LogP contribution in [0.25, 0.3) is 17.0 Å². The summed E-state index contributed by atoms with van der Waals surface area (Å²) in [6.45, 7) is 1.95. The number of carbonyl (C=O) groups is 1. The zero-order chi connectivity index (χ0) is 17.2. The molecule has 4 heterocycles. The first-order valence-electron chi connectivity index (χ1n) is 8.22. The van der Waals surface area contributed by atoms with Crippen molar-refractivity contribution >= 4 is 17.4 Å². The van der Waals surface area contributed by atoms with Gasteiger partial charge in [0.25, 0.3) is 5.91 Å². The van der Waals surface area contributed by atoms with Crippen LogP contribution in [0.1, 0.15) is 0 Å². The third-order valence-corrected chi connectivity index (χ3v) is 4.24. The SMILES string of the molecule is CN1CCO[C@@H](C(=O)Nc2c(-c3ccccn3)nc3ccccn23)C1. The fraction of sp³-hybridized carbons (Fsp3) is 0.278. The van der Waals surface area contributed by atoms with Crippen LogP contribution in [-0.4, -0.2) is 58.0 Å². The van der Waals surface area contributed by atoms with E-state index in [9.17, 15) is 4.79 Å². The zero-order valence-corrected chi connectivity index (χ0v) is 13.9. The van der Waals surface area contributed by atoms with Crippen LogP contribution in [-0.2, 0) is 9.53 Å². The molecule has 3 aromatic rings. The molecule has 1 aliphatic rings. The van der Waals surface area contributed by atoms with E-state index in [0.717, 1.165) is 12.2 Å². The molecule has 0 radical (unpaired) electrons. The summed E-state index contributed by atoms with van der Waals surface area (Å²) in [5.41, 5.74) is 2.10. The van der Waals surface area contributed by atoms with Crippen molar-refractivity contribution in [2.45, 2.75) is 6.10 Å². The number of nitrogens with zero attached hydrogens (tertiary/aromatic N) is 4. The molecule has 3 aromatic heterocycles. The number of likely N-dealkylation sites (N-methyl/N-ethyl adjacent to an activating group) is 1. The number of imidazole rings is 1. The van der Waals surface area contributed by atoms with Crippen molar-refractivity contribution < 1.29 is 9.53 Å². The van der Waals surface area contributed by atoms with E-state index in [1.54, 1.807) is 6.20 Å². The number of amides is 1. The number of nitrogens with one attached hydrogen (secondary N) is 1. The average Bonchev–Trinajstić information content (AvgIpc) is 3.01. The number of aromatic nitrogens is 3. The van der Waals surface area contributed by atoms with Gasteiger partial charge in [0, 0.05) is 25.5 Å². The van der Waals surface area contributed by atoms with Gasteiger partial charge in [0.2, 0.25) is 0 Å². The van der Waals surface area contributed by atoms with Gasteiger partial charge in [-0.05, 0) is 31.3 Å². The first-order chi connectivity index (χ1) is 12.2. The van der Waals surface area contributed by atoms with Crippen LogP contribution in [0.15, 0.2) is 48.8 Å². The lowest BCUT2D eigenvalue weighted by molar-refractivity contribution is -0.132. The third-order valence-electron chi connectivity index (χ3n) is 4.24. The number of ether oxygens (including phenoxy) is 1. The lowest BCUT2D eigenvalue weighted by Gasteiger charge is -2.29. The molecular formula is C18H19N5O2. The summed E-state index contributed by atoms with van der Waals surface area (Å²) in [6.07, 6.45) is 3.09. The van der Waals surface area contributed by atoms with Crippen molar-refractivity contribution in [1.29, 1.82) is 0 Å². The molecule has 1 aliphatic heterocycles. The monoisotopic (exact) mass is 337 g/mol. The Morgan fingerprint density at radius 3 is 2.96 bits per heavy atom. The summed E-state index contributed by atoms with van der Waals surface area (Å²) in [5, 5.41) is 2.99. The number of morpholine rings is 1. The maximum Gasteiger partial charge on any atom is 0.256 e. The molecule has 4 rings (SSSR count). The number of anilines is 1. The van der Waals surface area contributed by atoms with Crippen LogP contribution in [0.2, 0.25) is 0 Å². The van der Waals surface area contributed by atoms with Gasteiger partial charge in [-0.2, -0.15) is 0 Å². The van der Waals surface area contributed by atoms with E-state index in [1.165, 1.54) is 0 Å². The highest BCUT2D eigenvalue weighted by molar-refractivity contribution is 5.97. The van der Waals surface area contributed by atoms with Crippen LogP contribution < -0.4 is 5.32 Å². The minimum Gasteiger partial charge on any atom is -0.366 e. The Bertz CT molecular complexity index is 893. The van der Waals surface area contributed by atoms with Gasteiger partial charge in [0.1, 0.15) is 23.3 Å². The minimum atomic E-state index is -0.496. The van der Waals surface area contributed by atoms with Crippen molar-refractivity contribution in [2.75, 3.05) is 32.1 Å². The van der Waals surface area contributed by atoms with E-state index < -0.39 is 6.10 Å². The molecule has 0 aromatic carbocycles. The highest BCUT2D eigenvalue weighted by Gasteiger charge is 2.27. The van der Waals surface area contributed by atoms with Crippen LogP contribution in [0.4, 0.5) is 5.82 Å². The van der Waals surface area contributed by atoms with Crippen molar-refractivity contribution in [1.82, 2.24) is 19.3 Å². The van der Waals surface area contributed by atoms with E-state index >= 15 is 0 Å². The molecule has 1 amide bonds. The summed E-state index contributed by atoms with van der Waals surface area (Å²) in [5.74, 6) is 0.436. The van der Waals surface area contributed by atoms with Gasteiger partial charge in [-0.1, -0.05) is 12.1 Å². The van der Waals surface area contributed by atoms with Gasteiger partial charge < -0.3 is 15.0 Å². The Morgan fingerprint density at radius 1 is 1.28 bits per heavy atom. The zero-order valence-electron chi connectivity index (χ0n) is 13.9. The Hall–Kier alpha value is -2.77. The lowest BCUT2D eigenvalue weighted by atomic mass is 10.2. The number of rotatable bonds is 3. The normalized spacial score (nSPS) is 18.4. The predicted octanol–water partition coefficient (Wildman–Crippen LogP) is 1.67. The van der Waals surface area contributed by atoms with Crippen molar-refractivity contribution in [2.24, 2.45) is 0 Å². The molecule has 1 saturated heterocycles. The summed E-state index contributed by atoms with van der Waals surface area (Å²) in [6, 6.07) is 11.3. The fourth-order valence-corrected chi connectivity index (χ4v) is 2.93. The molecule has 0 spiro atoms. The van der Waals surface area contributed by atoms with Gasteiger partial charge in [-0.15, -0.1) is 0 Å². The van der Waals surface area contributed by atoms with Gasteiger partial charge in [-0.3, -0.25) is 14.2 Å². The van der Waals surface area contributed by atoms with E-state index in [4.69, 9.17) is 4.74 Å². The summed E-state index contributed by atoms with van der Waals surface area (Å²) in [7, 11) is 1.98. The van der Waals surface area contributed by atoms with E-state index in [-0.39, 0.29) is 5.91 Å². The number of hydrogen-bond acceptors (Lipinski definition) is 5. The quantitative estimate of drug-likeness (QED) is 0.787. The molecule has 0 bridgehead atoms. The van der Waals surface area contributed by atoms with E-state index in [1.807, 2.05) is 54.0 Å². The third kappa shape index (κ3) is 3.11. The Labute approximate surface area is 145 Å². The molecule has 0 saturated carbocycles. The van der Waals surface area contributed by atoms with Crippen molar-refractivity contribution in [3.8, 4) is 11.4 Å². The Balaban J connectivity index is 1.71. The highest BCUT2D eigenvalue weighted by atomic mass is 16.5. The van der Waals surface area contributed by atoms with Gasteiger partial charge in [0.05, 0.1) is 12.3 Å². The summed E-state index contributed by atoms with van der Waals surface area (Å²) >= 11 is 0. The number of pyridine rings is 2. The van der Waals surface area contributed by atoms with Crippen molar-refractivity contribution in [3.05, 3.63) is 48.8 Å². The average molecular weight is 337 g/mol. The second-order valence-electron chi connectivity index (χ2n) is 6.06. The molecule has 128 valence electrons. The summed E-state index contributed by atoms with van der Waals surface area (Å²) in [4.78, 5) is 23.8. The predicted molar refractivity (Wildman–Crippen MR) is 94.3 cm³/mol. The fourth-order valence-electron chi connectivity index (χ4n) is 2.93. The summed E-state index contributed by atoms with van der Waals surface area (Å²) < 4.78 is 7.47. The molecular weight excluding hydrogens is 318 g/mol. The van der Waals surface area contributed by atoms with Crippen molar-refractivity contribution in [3.63, 3.8) is 0 Å². The maximum absolute atomic E-state index is 12.7. The maximum atomic E-state index is 12.7. The molecule has 1 atom stereocenters. The lowest BCUT2D eigenvalue weighted by Crippen LogP contribution is -2.46. The van der Waals surface area contributed by atoms with E-state index in [2.05, 4.69) is 20.2 Å². The van der Waals surface area contributed by atoms with Gasteiger partial charge >= 0.3 is 0 Å². The molecule has 1 N–H and O–H groups in total. The first-order valence-corrected chi connectivity index (χ1v) is 8.22. The largest absolute Gasteiger partial charge is 0.366 e. The van der Waals surface area contributed by atoms with E-state index in [0.29, 0.717) is 30.4 Å². The molecule has 25 heavy (non-hydrogen) atoms. The first kappa shape index (κ1) is 15.7. The second-order valence-corrected chi connectivity index (χ2v) is 6.06. The van der Waals surface area contributed by atoms with Gasteiger partial charge in [0.15, 0.2) is 0 Å². The number of carbonyl (C=O) groups excluding carboxylic acids is 1. The second kappa shape index (κ2) is 6.62. The van der Waals surface area contributed by atoms with Crippen LogP contribution >= 0.6 is 0 Å². The van der Waals surface area contributed by atoms with Gasteiger partial charge in [-0.25, -0.2) is 4.98 Å². The number of fused-ring (bicyclic) bond motifs is 1. The molecule has 7 nitrogen and oxygen atoms in total. The highest BCUT2D eigenvalue weighted by Crippen LogP contribution is 2.27.